The number of para-hydroxylation sites is 1. The minimum Gasteiger partial charge on any atom is -0.343 e. The zero-order chi connectivity index (χ0) is 20.8. The fourth-order valence-electron chi connectivity index (χ4n) is 2.47. The summed E-state index contributed by atoms with van der Waals surface area (Å²) in [6.07, 6.45) is 1.42. The van der Waals surface area contributed by atoms with Gasteiger partial charge in [-0.2, -0.15) is 10.2 Å². The minimum absolute atomic E-state index is 0.227. The summed E-state index contributed by atoms with van der Waals surface area (Å²) in [5.41, 5.74) is 4.81. The van der Waals surface area contributed by atoms with Gasteiger partial charge in [-0.15, -0.1) is 0 Å². The van der Waals surface area contributed by atoms with Crippen LogP contribution in [-0.4, -0.2) is 34.4 Å². The van der Waals surface area contributed by atoms with Crippen LogP contribution >= 0.6 is 23.2 Å². The van der Waals surface area contributed by atoms with Crippen molar-refractivity contribution in [1.82, 2.24) is 20.5 Å². The number of nitrogens with zero attached hydrogens (tertiary/aromatic N) is 3. The quantitative estimate of drug-likeness (QED) is 0.464. The van der Waals surface area contributed by atoms with Crippen molar-refractivity contribution in [2.45, 2.75) is 6.92 Å². The molecule has 0 bridgehead atoms. The first-order chi connectivity index (χ1) is 14.0. The molecule has 0 saturated carbocycles. The van der Waals surface area contributed by atoms with Crippen molar-refractivity contribution in [3.8, 4) is 5.69 Å². The van der Waals surface area contributed by atoms with Crippen molar-refractivity contribution in [3.63, 3.8) is 0 Å². The Morgan fingerprint density at radius 1 is 1.10 bits per heavy atom. The summed E-state index contributed by atoms with van der Waals surface area (Å²) in [5.74, 6) is -0.864. The topological polar surface area (TPSA) is 88.4 Å². The Balaban J connectivity index is 1.57. The third-order valence-corrected chi connectivity index (χ3v) is 4.56. The molecule has 1 heterocycles. The molecule has 0 spiro atoms. The average Bonchev–Trinajstić information content (AvgIpc) is 3.01. The number of halogens is 2. The second-order valence-electron chi connectivity index (χ2n) is 6.02. The first-order valence-corrected chi connectivity index (χ1v) is 9.37. The van der Waals surface area contributed by atoms with Gasteiger partial charge in [0.2, 0.25) is 0 Å². The monoisotopic (exact) mass is 429 g/mol. The van der Waals surface area contributed by atoms with E-state index in [1.807, 2.05) is 30.3 Å². The zero-order valence-electron chi connectivity index (χ0n) is 15.4. The van der Waals surface area contributed by atoms with Gasteiger partial charge in [0.25, 0.3) is 11.8 Å². The lowest BCUT2D eigenvalue weighted by atomic mass is 10.2. The molecule has 0 unspecified atom stereocenters. The Morgan fingerprint density at radius 3 is 2.48 bits per heavy atom. The first-order valence-electron chi connectivity index (χ1n) is 8.62. The summed E-state index contributed by atoms with van der Waals surface area (Å²) in [7, 11) is 0. The molecule has 0 aliphatic heterocycles. The Kier molecular flexibility index (Phi) is 6.64. The third kappa shape index (κ3) is 5.22. The van der Waals surface area contributed by atoms with E-state index in [-0.39, 0.29) is 12.5 Å². The normalized spacial score (nSPS) is 10.9. The molecule has 0 saturated heterocycles. The summed E-state index contributed by atoms with van der Waals surface area (Å²) in [4.78, 5) is 23.9. The number of carbonyl (C=O) groups is 2. The highest BCUT2D eigenvalue weighted by Gasteiger charge is 2.13. The van der Waals surface area contributed by atoms with Gasteiger partial charge in [0, 0.05) is 10.6 Å². The van der Waals surface area contributed by atoms with E-state index in [2.05, 4.69) is 20.9 Å². The molecule has 0 fully saturated rings. The van der Waals surface area contributed by atoms with E-state index in [4.69, 9.17) is 23.2 Å². The summed E-state index contributed by atoms with van der Waals surface area (Å²) >= 11 is 12.2. The van der Waals surface area contributed by atoms with Crippen molar-refractivity contribution in [3.05, 3.63) is 81.6 Å². The first kappa shape index (κ1) is 20.6. The van der Waals surface area contributed by atoms with Crippen LogP contribution in [0.25, 0.3) is 5.69 Å². The summed E-state index contributed by atoms with van der Waals surface area (Å²) in [6.45, 7) is 1.57. The van der Waals surface area contributed by atoms with Crippen LogP contribution in [0.15, 0.2) is 59.7 Å². The molecule has 2 N–H and O–H groups in total. The molecule has 29 heavy (non-hydrogen) atoms. The molecule has 148 valence electrons. The lowest BCUT2D eigenvalue weighted by Crippen LogP contribution is -2.34. The Morgan fingerprint density at radius 2 is 1.79 bits per heavy atom. The highest BCUT2D eigenvalue weighted by Crippen LogP contribution is 2.21. The Bertz CT molecular complexity index is 1050. The van der Waals surface area contributed by atoms with E-state index in [9.17, 15) is 9.59 Å². The van der Waals surface area contributed by atoms with E-state index in [1.54, 1.807) is 35.9 Å². The van der Waals surface area contributed by atoms with E-state index in [0.717, 1.165) is 5.69 Å². The second-order valence-corrected chi connectivity index (χ2v) is 6.81. The number of nitrogens with one attached hydrogen (secondary N) is 2. The van der Waals surface area contributed by atoms with Crippen LogP contribution < -0.4 is 10.7 Å². The van der Waals surface area contributed by atoms with Crippen LogP contribution in [0.1, 0.15) is 21.6 Å². The fourth-order valence-corrected chi connectivity index (χ4v) is 2.92. The molecule has 0 atom stereocenters. The molecular formula is C20H17Cl2N5O2. The molecule has 1 aromatic heterocycles. The number of hydrogen-bond donors (Lipinski definition) is 2. The Labute approximate surface area is 177 Å². The number of carbonyl (C=O) groups excluding carboxylic acids is 2. The molecule has 3 aromatic rings. The van der Waals surface area contributed by atoms with Gasteiger partial charge in [-0.1, -0.05) is 41.4 Å². The van der Waals surface area contributed by atoms with Crippen molar-refractivity contribution in [2.75, 3.05) is 6.54 Å². The van der Waals surface area contributed by atoms with Crippen molar-refractivity contribution in [2.24, 2.45) is 5.10 Å². The number of aryl methyl sites for hydroxylation is 1. The standard InChI is InChI=1S/C20H17Cl2N5O2/c1-13-17(19(22)27(26-13)16-5-3-2-4-6-16)11-24-25-18(28)12-23-20(29)14-7-9-15(21)10-8-14/h2-11H,12H2,1H3,(H,23,29)(H,25,28)/b24-11+. The van der Waals surface area contributed by atoms with Crippen LogP contribution in [-0.2, 0) is 4.79 Å². The lowest BCUT2D eigenvalue weighted by Gasteiger charge is -2.04. The van der Waals surface area contributed by atoms with Gasteiger partial charge in [0.1, 0.15) is 5.15 Å². The predicted octanol–water partition coefficient (Wildman–Crippen LogP) is 3.37. The maximum Gasteiger partial charge on any atom is 0.259 e. The maximum absolute atomic E-state index is 12.0. The lowest BCUT2D eigenvalue weighted by molar-refractivity contribution is -0.120. The molecule has 0 aliphatic carbocycles. The number of benzene rings is 2. The van der Waals surface area contributed by atoms with E-state index >= 15 is 0 Å². The van der Waals surface area contributed by atoms with Crippen LogP contribution in [0.4, 0.5) is 0 Å². The smallest absolute Gasteiger partial charge is 0.259 e. The minimum atomic E-state index is -0.479. The Hall–Kier alpha value is -3.16. The van der Waals surface area contributed by atoms with Crippen molar-refractivity contribution >= 4 is 41.2 Å². The van der Waals surface area contributed by atoms with Gasteiger partial charge < -0.3 is 5.32 Å². The number of rotatable bonds is 6. The number of amides is 2. The van der Waals surface area contributed by atoms with Crippen LogP contribution in [0.3, 0.4) is 0 Å². The highest BCUT2D eigenvalue weighted by atomic mass is 35.5. The highest BCUT2D eigenvalue weighted by molar-refractivity contribution is 6.32. The van der Waals surface area contributed by atoms with Gasteiger partial charge in [0.15, 0.2) is 0 Å². The third-order valence-electron chi connectivity index (χ3n) is 3.95. The number of aromatic nitrogens is 2. The number of hydrazone groups is 1. The molecule has 9 heteroatoms. The van der Waals surface area contributed by atoms with E-state index < -0.39 is 5.91 Å². The van der Waals surface area contributed by atoms with E-state index in [0.29, 0.717) is 27.0 Å². The van der Waals surface area contributed by atoms with E-state index in [1.165, 1.54) is 6.21 Å². The molecule has 7 nitrogen and oxygen atoms in total. The largest absolute Gasteiger partial charge is 0.343 e. The molecule has 3 rings (SSSR count). The molecule has 2 aromatic carbocycles. The average molecular weight is 430 g/mol. The molecule has 0 aliphatic rings. The van der Waals surface area contributed by atoms with Gasteiger partial charge in [-0.05, 0) is 43.3 Å². The van der Waals surface area contributed by atoms with Crippen molar-refractivity contribution in [1.29, 1.82) is 0 Å². The van der Waals surface area contributed by atoms with Crippen LogP contribution in [0.2, 0.25) is 10.2 Å². The summed E-state index contributed by atoms with van der Waals surface area (Å²) < 4.78 is 1.59. The molecular weight excluding hydrogens is 413 g/mol. The zero-order valence-corrected chi connectivity index (χ0v) is 16.9. The predicted molar refractivity (Wildman–Crippen MR) is 113 cm³/mol. The summed E-state index contributed by atoms with van der Waals surface area (Å²) in [6, 6.07) is 15.8. The van der Waals surface area contributed by atoms with Gasteiger partial charge in [-0.3, -0.25) is 9.59 Å². The van der Waals surface area contributed by atoms with Crippen LogP contribution in [0.5, 0.6) is 0 Å². The second kappa shape index (κ2) is 9.36. The summed E-state index contributed by atoms with van der Waals surface area (Å²) in [5, 5.41) is 11.7. The SMILES string of the molecule is Cc1nn(-c2ccccc2)c(Cl)c1/C=N/NC(=O)CNC(=O)c1ccc(Cl)cc1. The molecule has 0 radical (unpaired) electrons. The van der Waals surface area contributed by atoms with Crippen molar-refractivity contribution < 1.29 is 9.59 Å². The number of hydrogen-bond acceptors (Lipinski definition) is 4. The molecule has 2 amide bonds. The van der Waals surface area contributed by atoms with Gasteiger partial charge in [-0.25, -0.2) is 10.1 Å². The van der Waals surface area contributed by atoms with Gasteiger partial charge in [0.05, 0.1) is 29.7 Å². The fraction of sp³-hybridized carbons (Fsp3) is 0.100. The van der Waals surface area contributed by atoms with Crippen LogP contribution in [0, 0.1) is 6.92 Å². The maximum atomic E-state index is 12.0. The van der Waals surface area contributed by atoms with Gasteiger partial charge >= 0.3 is 0 Å².